The largest absolute Gasteiger partial charge is 0.465 e. The maximum absolute atomic E-state index is 12.4. The van der Waals surface area contributed by atoms with Crippen molar-refractivity contribution in [2.75, 3.05) is 38.7 Å². The Hall–Kier alpha value is -2.93. The molecule has 0 bridgehead atoms. The molecule has 0 unspecified atom stereocenters. The van der Waals surface area contributed by atoms with Gasteiger partial charge in [0.1, 0.15) is 5.69 Å². The fourth-order valence-electron chi connectivity index (χ4n) is 2.56. The minimum Gasteiger partial charge on any atom is -0.465 e. The molecule has 130 valence electrons. The van der Waals surface area contributed by atoms with Crippen LogP contribution in [0.2, 0.25) is 0 Å². The molecule has 0 saturated carbocycles. The molecule has 0 radical (unpaired) electrons. The molecule has 0 spiro atoms. The van der Waals surface area contributed by atoms with Crippen molar-refractivity contribution in [1.29, 1.82) is 0 Å². The minimum absolute atomic E-state index is 0.107. The van der Waals surface area contributed by atoms with Crippen LogP contribution in [0.4, 0.5) is 11.4 Å². The molecule has 7 heteroatoms. The number of pyridine rings is 1. The fourth-order valence-corrected chi connectivity index (χ4v) is 2.56. The molecule has 1 aliphatic heterocycles. The summed E-state index contributed by atoms with van der Waals surface area (Å²) in [5.41, 5.74) is 2.10. The predicted octanol–water partition coefficient (Wildman–Crippen LogP) is 2.08. The highest BCUT2D eigenvalue weighted by Gasteiger charge is 2.19. The van der Waals surface area contributed by atoms with Gasteiger partial charge in [0.05, 0.1) is 43.5 Å². The number of benzene rings is 1. The Morgan fingerprint density at radius 2 is 1.92 bits per heavy atom. The standard InChI is InChI=1S/C18H19N3O4/c1-24-18(23)14-4-2-3-5-15(14)20-13-6-7-16(19-12-13)17(22)21-8-10-25-11-9-21/h2-7,12,20H,8-11H2,1H3. The maximum atomic E-state index is 12.4. The number of carbonyl (C=O) groups excluding carboxylic acids is 2. The molecule has 1 aromatic heterocycles. The number of morpholine rings is 1. The second-order valence-electron chi connectivity index (χ2n) is 5.50. The number of amides is 1. The van der Waals surface area contributed by atoms with E-state index < -0.39 is 5.97 Å². The molecule has 7 nitrogen and oxygen atoms in total. The lowest BCUT2D eigenvalue weighted by Crippen LogP contribution is -2.41. The van der Waals surface area contributed by atoms with Crippen molar-refractivity contribution >= 4 is 23.3 Å². The second-order valence-corrected chi connectivity index (χ2v) is 5.50. The molecule has 1 N–H and O–H groups in total. The van der Waals surface area contributed by atoms with Gasteiger partial charge in [-0.05, 0) is 24.3 Å². The van der Waals surface area contributed by atoms with E-state index in [1.165, 1.54) is 7.11 Å². The third-order valence-electron chi connectivity index (χ3n) is 3.89. The van der Waals surface area contributed by atoms with E-state index >= 15 is 0 Å². The molecule has 1 amide bonds. The molecule has 2 heterocycles. The molecule has 1 aromatic carbocycles. The SMILES string of the molecule is COC(=O)c1ccccc1Nc1ccc(C(=O)N2CCOCC2)nc1. The first-order valence-electron chi connectivity index (χ1n) is 7.96. The van der Waals surface area contributed by atoms with Gasteiger partial charge >= 0.3 is 5.97 Å². The van der Waals surface area contributed by atoms with Crippen LogP contribution < -0.4 is 5.32 Å². The first-order chi connectivity index (χ1) is 12.2. The third-order valence-corrected chi connectivity index (χ3v) is 3.89. The van der Waals surface area contributed by atoms with Gasteiger partial charge in [0.2, 0.25) is 0 Å². The maximum Gasteiger partial charge on any atom is 0.339 e. The van der Waals surface area contributed by atoms with Gasteiger partial charge in [0.25, 0.3) is 5.91 Å². The quantitative estimate of drug-likeness (QED) is 0.858. The third kappa shape index (κ3) is 3.95. The van der Waals surface area contributed by atoms with Gasteiger partial charge in [-0.3, -0.25) is 4.79 Å². The number of nitrogens with one attached hydrogen (secondary N) is 1. The van der Waals surface area contributed by atoms with Crippen LogP contribution in [0, 0.1) is 0 Å². The molecule has 3 rings (SSSR count). The van der Waals surface area contributed by atoms with Gasteiger partial charge < -0.3 is 19.7 Å². The number of nitrogens with zero attached hydrogens (tertiary/aromatic N) is 2. The summed E-state index contributed by atoms with van der Waals surface area (Å²) in [6.07, 6.45) is 1.57. The number of aromatic nitrogens is 1. The Bertz CT molecular complexity index is 755. The van der Waals surface area contributed by atoms with Crippen LogP contribution in [0.1, 0.15) is 20.8 Å². The first kappa shape index (κ1) is 16.9. The predicted molar refractivity (Wildman–Crippen MR) is 92.0 cm³/mol. The van der Waals surface area contributed by atoms with Crippen LogP contribution in [0.5, 0.6) is 0 Å². The number of carbonyl (C=O) groups is 2. The number of anilines is 2. The second kappa shape index (κ2) is 7.76. The summed E-state index contributed by atoms with van der Waals surface area (Å²) < 4.78 is 10.0. The Labute approximate surface area is 145 Å². The van der Waals surface area contributed by atoms with Crippen molar-refractivity contribution in [2.45, 2.75) is 0 Å². The summed E-state index contributed by atoms with van der Waals surface area (Å²) in [5, 5.41) is 3.13. The van der Waals surface area contributed by atoms with E-state index in [1.807, 2.05) is 6.07 Å². The Balaban J connectivity index is 1.73. The molecule has 1 aliphatic rings. The van der Waals surface area contributed by atoms with Crippen molar-refractivity contribution in [2.24, 2.45) is 0 Å². The van der Waals surface area contributed by atoms with E-state index in [0.717, 1.165) is 0 Å². The number of para-hydroxylation sites is 1. The number of hydrogen-bond acceptors (Lipinski definition) is 6. The van der Waals surface area contributed by atoms with E-state index in [4.69, 9.17) is 9.47 Å². The van der Waals surface area contributed by atoms with Crippen LogP contribution in [-0.4, -0.2) is 55.2 Å². The Kier molecular flexibility index (Phi) is 5.25. The lowest BCUT2D eigenvalue weighted by Gasteiger charge is -2.26. The monoisotopic (exact) mass is 341 g/mol. The Morgan fingerprint density at radius 3 is 2.60 bits per heavy atom. The highest BCUT2D eigenvalue weighted by atomic mass is 16.5. The average molecular weight is 341 g/mol. The lowest BCUT2D eigenvalue weighted by atomic mass is 10.1. The van der Waals surface area contributed by atoms with Gasteiger partial charge in [-0.1, -0.05) is 12.1 Å². The summed E-state index contributed by atoms with van der Waals surface area (Å²) in [6.45, 7) is 2.26. The minimum atomic E-state index is -0.421. The van der Waals surface area contributed by atoms with Crippen LogP contribution in [-0.2, 0) is 9.47 Å². The lowest BCUT2D eigenvalue weighted by molar-refractivity contribution is 0.0299. The smallest absolute Gasteiger partial charge is 0.339 e. The van der Waals surface area contributed by atoms with E-state index in [9.17, 15) is 9.59 Å². The van der Waals surface area contributed by atoms with E-state index in [2.05, 4.69) is 10.3 Å². The van der Waals surface area contributed by atoms with Gasteiger partial charge in [0, 0.05) is 13.1 Å². The zero-order valence-electron chi connectivity index (χ0n) is 13.9. The van der Waals surface area contributed by atoms with Crippen molar-refractivity contribution in [3.63, 3.8) is 0 Å². The van der Waals surface area contributed by atoms with Crippen molar-refractivity contribution in [3.8, 4) is 0 Å². The summed E-state index contributed by atoms with van der Waals surface area (Å²) in [4.78, 5) is 30.1. The summed E-state index contributed by atoms with van der Waals surface area (Å²) in [5.74, 6) is -0.528. The van der Waals surface area contributed by atoms with Crippen LogP contribution in [0.3, 0.4) is 0 Å². The zero-order valence-corrected chi connectivity index (χ0v) is 13.9. The highest BCUT2D eigenvalue weighted by molar-refractivity contribution is 5.96. The van der Waals surface area contributed by atoms with E-state index in [0.29, 0.717) is 48.9 Å². The van der Waals surface area contributed by atoms with Crippen molar-refractivity contribution in [3.05, 3.63) is 53.9 Å². The van der Waals surface area contributed by atoms with Gasteiger partial charge in [-0.25, -0.2) is 9.78 Å². The molecular weight excluding hydrogens is 322 g/mol. The molecular formula is C18H19N3O4. The summed E-state index contributed by atoms with van der Waals surface area (Å²) in [7, 11) is 1.34. The Morgan fingerprint density at radius 1 is 1.16 bits per heavy atom. The zero-order chi connectivity index (χ0) is 17.6. The first-order valence-corrected chi connectivity index (χ1v) is 7.96. The van der Waals surface area contributed by atoms with Gasteiger partial charge in [-0.2, -0.15) is 0 Å². The van der Waals surface area contributed by atoms with Crippen LogP contribution in [0.15, 0.2) is 42.6 Å². The fraction of sp³-hybridized carbons (Fsp3) is 0.278. The number of rotatable bonds is 4. The van der Waals surface area contributed by atoms with E-state index in [-0.39, 0.29) is 5.91 Å². The summed E-state index contributed by atoms with van der Waals surface area (Å²) in [6, 6.07) is 10.5. The van der Waals surface area contributed by atoms with Crippen molar-refractivity contribution in [1.82, 2.24) is 9.88 Å². The number of ether oxygens (including phenoxy) is 2. The molecule has 1 saturated heterocycles. The molecule has 25 heavy (non-hydrogen) atoms. The van der Waals surface area contributed by atoms with Crippen LogP contribution in [0.25, 0.3) is 0 Å². The van der Waals surface area contributed by atoms with Gasteiger partial charge in [0.15, 0.2) is 0 Å². The number of hydrogen-bond donors (Lipinski definition) is 1. The molecule has 1 fully saturated rings. The normalized spacial score (nSPS) is 14.0. The molecule has 0 aliphatic carbocycles. The van der Waals surface area contributed by atoms with Crippen LogP contribution >= 0.6 is 0 Å². The van der Waals surface area contributed by atoms with E-state index in [1.54, 1.807) is 41.4 Å². The van der Waals surface area contributed by atoms with Crippen molar-refractivity contribution < 1.29 is 19.1 Å². The average Bonchev–Trinajstić information content (AvgIpc) is 2.68. The van der Waals surface area contributed by atoms with Gasteiger partial charge in [-0.15, -0.1) is 0 Å². The topological polar surface area (TPSA) is 80.8 Å². The number of methoxy groups -OCH3 is 1. The number of esters is 1. The molecule has 0 atom stereocenters. The highest BCUT2D eigenvalue weighted by Crippen LogP contribution is 2.21. The molecule has 2 aromatic rings. The summed E-state index contributed by atoms with van der Waals surface area (Å²) >= 11 is 0.